The first-order chi connectivity index (χ1) is 14.1. The molecule has 1 aliphatic heterocycles. The maximum atomic E-state index is 13.5. The van der Waals surface area contributed by atoms with Gasteiger partial charge < -0.3 is 4.74 Å². The van der Waals surface area contributed by atoms with Gasteiger partial charge in [0.25, 0.3) is 0 Å². The molecule has 3 aromatic carbocycles. The largest absolute Gasteiger partial charge is 0.497 e. The fourth-order valence-electron chi connectivity index (χ4n) is 3.95. The van der Waals surface area contributed by atoms with E-state index in [1.807, 2.05) is 42.5 Å². The molecular formula is C24H24F2N2O. The van der Waals surface area contributed by atoms with E-state index >= 15 is 0 Å². The highest BCUT2D eigenvalue weighted by Gasteiger charge is 2.33. The molecule has 3 nitrogen and oxygen atoms in total. The quantitative estimate of drug-likeness (QED) is 0.586. The molecule has 1 saturated heterocycles. The molecule has 1 heterocycles. The molecule has 29 heavy (non-hydrogen) atoms. The highest BCUT2D eigenvalue weighted by Crippen LogP contribution is 2.33. The number of benzene rings is 3. The van der Waals surface area contributed by atoms with Crippen LogP contribution >= 0.6 is 0 Å². The predicted molar refractivity (Wildman–Crippen MR) is 109 cm³/mol. The van der Waals surface area contributed by atoms with E-state index in [-0.39, 0.29) is 17.8 Å². The average Bonchev–Trinajstić information content (AvgIpc) is 3.12. The van der Waals surface area contributed by atoms with Crippen molar-refractivity contribution in [1.29, 1.82) is 0 Å². The predicted octanol–water partition coefficient (Wildman–Crippen LogP) is 4.99. The standard InChI is InChI=1S/C24H24F2N2O/c1-29-23-4-2-3-19(15-23)17-28-14-13-27(16-18-5-9-21(25)10-6-18)24(28)20-7-11-22(26)12-8-20/h2-12,15,24H,13-14,16-17H2,1H3. The van der Waals surface area contributed by atoms with E-state index in [2.05, 4.69) is 15.9 Å². The summed E-state index contributed by atoms with van der Waals surface area (Å²) >= 11 is 0. The van der Waals surface area contributed by atoms with Gasteiger partial charge in [-0.25, -0.2) is 8.78 Å². The lowest BCUT2D eigenvalue weighted by molar-refractivity contribution is 0.125. The van der Waals surface area contributed by atoms with Gasteiger partial charge in [0, 0.05) is 26.2 Å². The zero-order valence-electron chi connectivity index (χ0n) is 16.4. The Labute approximate surface area is 170 Å². The number of halogens is 2. The Bertz CT molecular complexity index is 944. The van der Waals surface area contributed by atoms with Crippen molar-refractivity contribution in [3.63, 3.8) is 0 Å². The molecule has 1 aliphatic rings. The van der Waals surface area contributed by atoms with Gasteiger partial charge in [0.05, 0.1) is 13.3 Å². The molecule has 150 valence electrons. The van der Waals surface area contributed by atoms with Crippen molar-refractivity contribution < 1.29 is 13.5 Å². The summed E-state index contributed by atoms with van der Waals surface area (Å²) in [7, 11) is 1.67. The fraction of sp³-hybridized carbons (Fsp3) is 0.250. The van der Waals surface area contributed by atoms with Crippen molar-refractivity contribution in [3.05, 3.63) is 101 Å². The molecule has 5 heteroatoms. The number of ether oxygens (including phenoxy) is 1. The number of hydrogen-bond acceptors (Lipinski definition) is 3. The number of methoxy groups -OCH3 is 1. The molecule has 1 atom stereocenters. The van der Waals surface area contributed by atoms with Crippen LogP contribution in [0.25, 0.3) is 0 Å². The Morgan fingerprint density at radius 3 is 2.00 bits per heavy atom. The summed E-state index contributed by atoms with van der Waals surface area (Å²) in [4.78, 5) is 4.73. The van der Waals surface area contributed by atoms with E-state index in [0.29, 0.717) is 6.54 Å². The topological polar surface area (TPSA) is 15.7 Å². The summed E-state index contributed by atoms with van der Waals surface area (Å²) in [5.41, 5.74) is 3.27. The molecule has 0 N–H and O–H groups in total. The third-order valence-corrected chi connectivity index (χ3v) is 5.35. The summed E-state index contributed by atoms with van der Waals surface area (Å²) in [6, 6.07) is 21.4. The maximum absolute atomic E-state index is 13.5. The SMILES string of the molecule is COc1cccc(CN2CCN(Cc3ccc(F)cc3)C2c2ccc(F)cc2)c1. The number of hydrogen-bond donors (Lipinski definition) is 0. The Morgan fingerprint density at radius 2 is 1.38 bits per heavy atom. The average molecular weight is 394 g/mol. The molecular weight excluding hydrogens is 370 g/mol. The van der Waals surface area contributed by atoms with Gasteiger partial charge >= 0.3 is 0 Å². The van der Waals surface area contributed by atoms with Gasteiger partial charge in [-0.15, -0.1) is 0 Å². The minimum absolute atomic E-state index is 0.0202. The third kappa shape index (κ3) is 4.63. The van der Waals surface area contributed by atoms with Crippen LogP contribution in [-0.4, -0.2) is 30.0 Å². The maximum Gasteiger partial charge on any atom is 0.123 e. The lowest BCUT2D eigenvalue weighted by atomic mass is 10.1. The monoisotopic (exact) mass is 394 g/mol. The molecule has 1 unspecified atom stereocenters. The Morgan fingerprint density at radius 1 is 0.793 bits per heavy atom. The van der Waals surface area contributed by atoms with Crippen LogP contribution in [0, 0.1) is 11.6 Å². The van der Waals surface area contributed by atoms with Crippen LogP contribution in [0.2, 0.25) is 0 Å². The molecule has 0 radical (unpaired) electrons. The van der Waals surface area contributed by atoms with E-state index in [1.165, 1.54) is 29.8 Å². The highest BCUT2D eigenvalue weighted by molar-refractivity contribution is 5.29. The van der Waals surface area contributed by atoms with Crippen molar-refractivity contribution in [3.8, 4) is 5.75 Å². The molecule has 1 fully saturated rings. The van der Waals surface area contributed by atoms with Gasteiger partial charge in [-0.3, -0.25) is 9.80 Å². The van der Waals surface area contributed by atoms with Gasteiger partial charge in [0.2, 0.25) is 0 Å². The van der Waals surface area contributed by atoms with Crippen LogP contribution in [0.15, 0.2) is 72.8 Å². The Kier molecular flexibility index (Phi) is 5.88. The van der Waals surface area contributed by atoms with Gasteiger partial charge in [-0.2, -0.15) is 0 Å². The van der Waals surface area contributed by atoms with Crippen LogP contribution < -0.4 is 4.74 Å². The first-order valence-corrected chi connectivity index (χ1v) is 9.73. The smallest absolute Gasteiger partial charge is 0.123 e. The summed E-state index contributed by atoms with van der Waals surface area (Å²) in [6.07, 6.45) is 0.0202. The molecule has 0 aromatic heterocycles. The molecule has 0 aliphatic carbocycles. The van der Waals surface area contributed by atoms with E-state index in [9.17, 15) is 8.78 Å². The number of nitrogens with zero attached hydrogens (tertiary/aromatic N) is 2. The van der Waals surface area contributed by atoms with Gasteiger partial charge in [-0.1, -0.05) is 36.4 Å². The third-order valence-electron chi connectivity index (χ3n) is 5.35. The first kappa shape index (κ1) is 19.6. The summed E-state index contributed by atoms with van der Waals surface area (Å²) in [5, 5.41) is 0. The van der Waals surface area contributed by atoms with Crippen molar-refractivity contribution in [2.45, 2.75) is 19.3 Å². The summed E-state index contributed by atoms with van der Waals surface area (Å²) in [5.74, 6) is 0.365. The highest BCUT2D eigenvalue weighted by atomic mass is 19.1. The van der Waals surface area contributed by atoms with E-state index in [1.54, 1.807) is 7.11 Å². The Balaban J connectivity index is 1.59. The van der Waals surface area contributed by atoms with Crippen LogP contribution in [0.4, 0.5) is 8.78 Å². The minimum Gasteiger partial charge on any atom is -0.497 e. The Hall–Kier alpha value is -2.76. The zero-order chi connectivity index (χ0) is 20.2. The van der Waals surface area contributed by atoms with Crippen molar-refractivity contribution >= 4 is 0 Å². The zero-order valence-corrected chi connectivity index (χ0v) is 16.4. The van der Waals surface area contributed by atoms with Crippen molar-refractivity contribution in [1.82, 2.24) is 9.80 Å². The second-order valence-electron chi connectivity index (χ2n) is 7.34. The number of rotatable bonds is 6. The van der Waals surface area contributed by atoms with Gasteiger partial charge in [0.1, 0.15) is 17.4 Å². The minimum atomic E-state index is -0.240. The fourth-order valence-corrected chi connectivity index (χ4v) is 3.95. The van der Waals surface area contributed by atoms with E-state index in [4.69, 9.17) is 4.74 Å². The second kappa shape index (κ2) is 8.72. The second-order valence-corrected chi connectivity index (χ2v) is 7.34. The van der Waals surface area contributed by atoms with Crippen molar-refractivity contribution in [2.75, 3.05) is 20.2 Å². The molecule has 0 saturated carbocycles. The molecule has 0 amide bonds. The van der Waals surface area contributed by atoms with Crippen molar-refractivity contribution in [2.24, 2.45) is 0 Å². The molecule has 4 rings (SSSR count). The summed E-state index contributed by atoms with van der Waals surface area (Å²) in [6.45, 7) is 3.24. The molecule has 0 spiro atoms. The van der Waals surface area contributed by atoms with E-state index < -0.39 is 0 Å². The normalized spacial score (nSPS) is 17.6. The molecule has 3 aromatic rings. The molecule has 0 bridgehead atoms. The van der Waals surface area contributed by atoms with Crippen LogP contribution in [-0.2, 0) is 13.1 Å². The first-order valence-electron chi connectivity index (χ1n) is 9.73. The van der Waals surface area contributed by atoms with Crippen LogP contribution in [0.3, 0.4) is 0 Å². The summed E-state index contributed by atoms with van der Waals surface area (Å²) < 4.78 is 32.1. The van der Waals surface area contributed by atoms with Crippen LogP contribution in [0.5, 0.6) is 5.75 Å². The van der Waals surface area contributed by atoms with Crippen LogP contribution in [0.1, 0.15) is 22.9 Å². The van der Waals surface area contributed by atoms with Gasteiger partial charge in [0.15, 0.2) is 0 Å². The lowest BCUT2D eigenvalue weighted by Gasteiger charge is -2.31. The van der Waals surface area contributed by atoms with E-state index in [0.717, 1.165) is 36.5 Å². The lowest BCUT2D eigenvalue weighted by Crippen LogP contribution is -2.30. The van der Waals surface area contributed by atoms with Gasteiger partial charge in [-0.05, 0) is 53.1 Å².